The lowest BCUT2D eigenvalue weighted by Gasteiger charge is -1.95. The van der Waals surface area contributed by atoms with Gasteiger partial charge in [-0.2, -0.15) is 0 Å². The molecule has 4 nitrogen and oxygen atoms in total. The van der Waals surface area contributed by atoms with Gasteiger partial charge >= 0.3 is 0 Å². The van der Waals surface area contributed by atoms with Crippen LogP contribution in [-0.4, -0.2) is 9.13 Å². The smallest absolute Gasteiger partial charge is 0.248 e. The van der Waals surface area contributed by atoms with E-state index in [9.17, 15) is 0 Å². The summed E-state index contributed by atoms with van der Waals surface area (Å²) in [5, 5.41) is 0. The molecule has 0 aliphatic heterocycles. The predicted molar refractivity (Wildman–Crippen MR) is 88.6 cm³/mol. The fourth-order valence-corrected chi connectivity index (χ4v) is 1.98. The average molecular weight is 365 g/mol. The lowest BCUT2D eigenvalue weighted by molar-refractivity contribution is -0.687. The van der Waals surface area contributed by atoms with Gasteiger partial charge in [-0.15, -0.1) is 0 Å². The van der Waals surface area contributed by atoms with Gasteiger partial charge < -0.3 is 24.8 Å². The Morgan fingerprint density at radius 2 is 1.50 bits per heavy atom. The molecule has 24 heavy (non-hydrogen) atoms. The number of nitrogens with zero attached hydrogens (tertiary/aromatic N) is 4. The zero-order valence-corrected chi connectivity index (χ0v) is 15.2. The van der Waals surface area contributed by atoms with Crippen molar-refractivity contribution in [1.82, 2.24) is 9.13 Å². The molecule has 0 unspecified atom stereocenters. The van der Waals surface area contributed by atoms with E-state index in [1.165, 1.54) is 5.56 Å². The van der Waals surface area contributed by atoms with Gasteiger partial charge in [0.2, 0.25) is 12.7 Å². The van der Waals surface area contributed by atoms with Gasteiger partial charge in [-0.1, -0.05) is 43.5 Å². The summed E-state index contributed by atoms with van der Waals surface area (Å²) in [5.41, 5.74) is 1.30. The van der Waals surface area contributed by atoms with Crippen molar-refractivity contribution in [2.24, 2.45) is 7.05 Å². The van der Waals surface area contributed by atoms with E-state index in [2.05, 4.69) is 42.0 Å². The summed E-state index contributed by atoms with van der Waals surface area (Å²) in [6.07, 6.45) is 15.4. The third-order valence-electron chi connectivity index (χ3n) is 3.13. The zero-order valence-electron chi connectivity index (χ0n) is 13.7. The Morgan fingerprint density at radius 1 is 0.917 bits per heavy atom. The highest BCUT2D eigenvalue weighted by atomic mass is 35.5. The molecule has 0 bridgehead atoms. The van der Waals surface area contributed by atoms with Crippen LogP contribution in [0.15, 0.2) is 80.9 Å². The molecule has 3 rings (SSSR count). The van der Waals surface area contributed by atoms with Crippen molar-refractivity contribution < 1.29 is 33.9 Å². The summed E-state index contributed by atoms with van der Waals surface area (Å²) in [5.74, 6) is 0. The SMILES string of the molecule is C=Cn1cc[n+](C)c1.C=Cn1cc[n+](Cc2ccccc2)c1.[Cl-].[Cl-]. The quantitative estimate of drug-likeness (QED) is 0.425. The number of benzene rings is 1. The van der Waals surface area contributed by atoms with Gasteiger partial charge in [0.1, 0.15) is 31.3 Å². The lowest BCUT2D eigenvalue weighted by Crippen LogP contribution is -3.00. The van der Waals surface area contributed by atoms with Gasteiger partial charge in [0.15, 0.2) is 0 Å². The molecule has 0 fully saturated rings. The summed E-state index contributed by atoms with van der Waals surface area (Å²) in [6.45, 7) is 8.20. The van der Waals surface area contributed by atoms with E-state index < -0.39 is 0 Å². The molecule has 0 saturated heterocycles. The molecule has 1 aromatic carbocycles. The largest absolute Gasteiger partial charge is 1.00 e. The number of aromatic nitrogens is 4. The van der Waals surface area contributed by atoms with Crippen LogP contribution in [-0.2, 0) is 13.6 Å². The molecule has 128 valence electrons. The highest BCUT2D eigenvalue weighted by Crippen LogP contribution is 1.97. The maximum absolute atomic E-state index is 3.70. The van der Waals surface area contributed by atoms with Crippen LogP contribution in [0.1, 0.15) is 5.56 Å². The standard InChI is InChI=1S/C12H13N2.C6H9N2.2ClH/c1-2-13-8-9-14(11-13)10-12-6-4-3-5-7-12;1-3-8-5-4-7(2)6-8;;/h2-9,11H,1,10H2;3-6H,1H2,2H3;2*1H/q2*+1;;/p-2. The predicted octanol–water partition coefficient (Wildman–Crippen LogP) is -3.65. The molecule has 0 atom stereocenters. The van der Waals surface area contributed by atoms with Crippen LogP contribution in [0.5, 0.6) is 0 Å². The average Bonchev–Trinajstić information content (AvgIpc) is 3.17. The van der Waals surface area contributed by atoms with Crippen LogP contribution in [0.4, 0.5) is 0 Å². The van der Waals surface area contributed by atoms with E-state index in [4.69, 9.17) is 0 Å². The van der Waals surface area contributed by atoms with E-state index in [1.54, 1.807) is 12.4 Å². The molecule has 2 heterocycles. The van der Waals surface area contributed by atoms with Crippen LogP contribution >= 0.6 is 0 Å². The molecule has 0 aliphatic rings. The zero-order chi connectivity index (χ0) is 15.8. The van der Waals surface area contributed by atoms with Gasteiger partial charge in [0, 0.05) is 0 Å². The normalized spacial score (nSPS) is 8.88. The second-order valence-corrected chi connectivity index (χ2v) is 4.91. The van der Waals surface area contributed by atoms with Crippen molar-refractivity contribution in [3.8, 4) is 0 Å². The topological polar surface area (TPSA) is 17.6 Å². The monoisotopic (exact) mass is 364 g/mol. The van der Waals surface area contributed by atoms with Gasteiger partial charge in [-0.05, 0) is 5.56 Å². The third kappa shape index (κ3) is 6.86. The first-order valence-corrected chi connectivity index (χ1v) is 7.09. The first kappa shape index (κ1) is 21.7. The number of imidazole rings is 2. The molecule has 0 aliphatic carbocycles. The van der Waals surface area contributed by atoms with Gasteiger partial charge in [0.25, 0.3) is 0 Å². The summed E-state index contributed by atoms with van der Waals surface area (Å²) in [6, 6.07) is 10.4. The van der Waals surface area contributed by atoms with Gasteiger partial charge in [0.05, 0.1) is 19.4 Å². The highest BCUT2D eigenvalue weighted by Gasteiger charge is 2.01. The number of halogens is 2. The Kier molecular flexibility index (Phi) is 10.2. The first-order chi connectivity index (χ1) is 10.7. The summed E-state index contributed by atoms with van der Waals surface area (Å²) in [4.78, 5) is 0. The number of rotatable bonds is 4. The summed E-state index contributed by atoms with van der Waals surface area (Å²) in [7, 11) is 1.97. The first-order valence-electron chi connectivity index (χ1n) is 7.09. The van der Waals surface area contributed by atoms with E-state index in [0.29, 0.717) is 0 Å². The van der Waals surface area contributed by atoms with Crippen LogP contribution < -0.4 is 33.9 Å². The molecule has 6 heteroatoms. The Bertz CT molecular complexity index is 732. The molecule has 0 radical (unpaired) electrons. The summed E-state index contributed by atoms with van der Waals surface area (Å²) >= 11 is 0. The van der Waals surface area contributed by atoms with Crippen molar-refractivity contribution in [3.05, 3.63) is 86.5 Å². The van der Waals surface area contributed by atoms with E-state index >= 15 is 0 Å². The minimum atomic E-state index is 0. The summed E-state index contributed by atoms with van der Waals surface area (Å²) < 4.78 is 7.90. The maximum atomic E-state index is 3.70. The van der Waals surface area contributed by atoms with E-state index in [0.717, 1.165) is 6.54 Å². The van der Waals surface area contributed by atoms with E-state index in [1.807, 2.05) is 64.3 Å². The molecule has 0 N–H and O–H groups in total. The second kappa shape index (κ2) is 11.3. The molecule has 0 spiro atoms. The van der Waals surface area contributed by atoms with Crippen molar-refractivity contribution >= 4 is 12.4 Å². The van der Waals surface area contributed by atoms with E-state index in [-0.39, 0.29) is 24.8 Å². The highest BCUT2D eigenvalue weighted by molar-refractivity contribution is 5.15. The second-order valence-electron chi connectivity index (χ2n) is 4.91. The van der Waals surface area contributed by atoms with Crippen molar-refractivity contribution in [2.45, 2.75) is 6.54 Å². The molecular weight excluding hydrogens is 343 g/mol. The van der Waals surface area contributed by atoms with Crippen molar-refractivity contribution in [1.29, 1.82) is 0 Å². The number of aryl methyl sites for hydroxylation is 1. The Balaban J connectivity index is 0.000000460. The molecule has 0 saturated carbocycles. The minimum Gasteiger partial charge on any atom is -1.00 e. The lowest BCUT2D eigenvalue weighted by atomic mass is 10.2. The fourth-order valence-electron chi connectivity index (χ4n) is 1.98. The Hall–Kier alpha value is -2.30. The molecule has 2 aromatic heterocycles. The number of hydrogen-bond acceptors (Lipinski definition) is 0. The molecular formula is C18H22Cl2N4. The maximum Gasteiger partial charge on any atom is 0.248 e. The van der Waals surface area contributed by atoms with Gasteiger partial charge in [-0.25, -0.2) is 18.3 Å². The Labute approximate surface area is 155 Å². The van der Waals surface area contributed by atoms with Crippen LogP contribution in [0, 0.1) is 0 Å². The minimum absolute atomic E-state index is 0. The van der Waals surface area contributed by atoms with Crippen LogP contribution in [0.2, 0.25) is 0 Å². The Morgan fingerprint density at radius 3 is 1.96 bits per heavy atom. The van der Waals surface area contributed by atoms with Crippen molar-refractivity contribution in [2.75, 3.05) is 0 Å². The fraction of sp³-hybridized carbons (Fsp3) is 0.111. The van der Waals surface area contributed by atoms with Crippen LogP contribution in [0.25, 0.3) is 12.4 Å². The number of hydrogen-bond donors (Lipinski definition) is 0. The van der Waals surface area contributed by atoms with Gasteiger partial charge in [-0.3, -0.25) is 0 Å². The van der Waals surface area contributed by atoms with Crippen molar-refractivity contribution in [3.63, 3.8) is 0 Å². The molecule has 3 aromatic rings. The molecule has 0 amide bonds. The van der Waals surface area contributed by atoms with Crippen LogP contribution in [0.3, 0.4) is 0 Å². The third-order valence-corrected chi connectivity index (χ3v) is 3.13.